The zero-order valence-corrected chi connectivity index (χ0v) is 21.8. The number of carbonyl (C=O) groups is 1. The third-order valence-corrected chi connectivity index (χ3v) is 6.30. The molecule has 0 bridgehead atoms. The Bertz CT molecular complexity index is 376. The van der Waals surface area contributed by atoms with Crippen molar-refractivity contribution in [3.63, 3.8) is 0 Å². The molecule has 0 radical (unpaired) electrons. The van der Waals surface area contributed by atoms with E-state index in [-0.39, 0.29) is 18.6 Å². The highest BCUT2D eigenvalue weighted by molar-refractivity contribution is 5.75. The fraction of sp³-hybridized carbons (Fsp3) is 0.964. The van der Waals surface area contributed by atoms with Gasteiger partial charge >= 0.3 is 0 Å². The predicted molar refractivity (Wildman–Crippen MR) is 138 cm³/mol. The lowest BCUT2D eigenvalue weighted by atomic mass is 10.0. The third-order valence-electron chi connectivity index (χ3n) is 6.30. The first-order valence-electron chi connectivity index (χ1n) is 14.2. The van der Waals surface area contributed by atoms with E-state index in [9.17, 15) is 9.90 Å². The highest BCUT2D eigenvalue weighted by Gasteiger charge is 2.09. The molecule has 0 aliphatic rings. The zero-order valence-electron chi connectivity index (χ0n) is 21.8. The van der Waals surface area contributed by atoms with Crippen molar-refractivity contribution in [2.24, 2.45) is 0 Å². The van der Waals surface area contributed by atoms with Gasteiger partial charge < -0.3 is 15.2 Å². The summed E-state index contributed by atoms with van der Waals surface area (Å²) in [4.78, 5) is 11.9. The summed E-state index contributed by atoms with van der Waals surface area (Å²) in [6.45, 7) is 5.31. The number of amides is 1. The molecule has 0 saturated heterocycles. The van der Waals surface area contributed by atoms with Gasteiger partial charge in [-0.3, -0.25) is 4.79 Å². The van der Waals surface area contributed by atoms with Crippen LogP contribution in [-0.2, 0) is 9.53 Å². The van der Waals surface area contributed by atoms with Gasteiger partial charge in [-0.05, 0) is 12.8 Å². The maximum atomic E-state index is 11.9. The molecule has 0 fully saturated rings. The number of ether oxygens (including phenoxy) is 1. The summed E-state index contributed by atoms with van der Waals surface area (Å²) in [7, 11) is 0. The Labute approximate surface area is 200 Å². The molecule has 2 N–H and O–H groups in total. The van der Waals surface area contributed by atoms with Crippen LogP contribution in [0.4, 0.5) is 0 Å². The van der Waals surface area contributed by atoms with Crippen LogP contribution in [0, 0.1) is 0 Å². The Morgan fingerprint density at radius 2 is 1.06 bits per heavy atom. The Kier molecular flexibility index (Phi) is 26.1. The van der Waals surface area contributed by atoms with Crippen LogP contribution in [0.3, 0.4) is 0 Å². The SMILES string of the molecule is CCCCCCCCCCCCCCCCCCCCCC(=O)NCC(CO)OCCC. The summed E-state index contributed by atoms with van der Waals surface area (Å²) < 4.78 is 5.47. The topological polar surface area (TPSA) is 58.6 Å². The molecule has 4 nitrogen and oxygen atoms in total. The summed E-state index contributed by atoms with van der Waals surface area (Å²) >= 11 is 0. The minimum atomic E-state index is -0.274. The van der Waals surface area contributed by atoms with Crippen LogP contribution in [0.1, 0.15) is 149 Å². The predicted octanol–water partition coefficient (Wildman–Crippen LogP) is 7.71. The van der Waals surface area contributed by atoms with Crippen molar-refractivity contribution in [1.29, 1.82) is 0 Å². The van der Waals surface area contributed by atoms with Gasteiger partial charge in [0.1, 0.15) is 0 Å². The van der Waals surface area contributed by atoms with Crippen molar-refractivity contribution in [2.45, 2.75) is 155 Å². The Morgan fingerprint density at radius 1 is 0.656 bits per heavy atom. The fourth-order valence-electron chi connectivity index (χ4n) is 4.14. The van der Waals surface area contributed by atoms with Crippen LogP contribution in [0.2, 0.25) is 0 Å². The minimum absolute atomic E-state index is 0.0421. The monoisotopic (exact) mass is 455 g/mol. The quantitative estimate of drug-likeness (QED) is 0.131. The molecular formula is C28H57NO3. The van der Waals surface area contributed by atoms with Crippen molar-refractivity contribution in [1.82, 2.24) is 5.32 Å². The second-order valence-corrected chi connectivity index (χ2v) is 9.59. The summed E-state index contributed by atoms with van der Waals surface area (Å²) in [5.41, 5.74) is 0. The number of carbonyl (C=O) groups excluding carboxylic acids is 1. The van der Waals surface area contributed by atoms with E-state index in [2.05, 4.69) is 12.2 Å². The lowest BCUT2D eigenvalue weighted by Gasteiger charge is -2.15. The van der Waals surface area contributed by atoms with Crippen molar-refractivity contribution in [3.8, 4) is 0 Å². The van der Waals surface area contributed by atoms with Gasteiger partial charge in [0, 0.05) is 19.6 Å². The molecule has 0 heterocycles. The molecular weight excluding hydrogens is 398 g/mol. The van der Waals surface area contributed by atoms with Crippen molar-refractivity contribution in [2.75, 3.05) is 19.8 Å². The molecule has 0 spiro atoms. The average Bonchev–Trinajstić information content (AvgIpc) is 2.80. The first-order valence-corrected chi connectivity index (χ1v) is 14.2. The van der Waals surface area contributed by atoms with Gasteiger partial charge in [0.2, 0.25) is 5.91 Å². The molecule has 32 heavy (non-hydrogen) atoms. The van der Waals surface area contributed by atoms with E-state index in [4.69, 9.17) is 4.74 Å². The molecule has 4 heteroatoms. The minimum Gasteiger partial charge on any atom is -0.394 e. The third kappa shape index (κ3) is 24.0. The smallest absolute Gasteiger partial charge is 0.220 e. The number of hydrogen-bond donors (Lipinski definition) is 2. The van der Waals surface area contributed by atoms with Crippen LogP contribution >= 0.6 is 0 Å². The van der Waals surface area contributed by atoms with Crippen molar-refractivity contribution >= 4 is 5.91 Å². The van der Waals surface area contributed by atoms with Gasteiger partial charge in [-0.25, -0.2) is 0 Å². The lowest BCUT2D eigenvalue weighted by Crippen LogP contribution is -2.35. The highest BCUT2D eigenvalue weighted by Crippen LogP contribution is 2.14. The van der Waals surface area contributed by atoms with Crippen molar-refractivity contribution in [3.05, 3.63) is 0 Å². The normalized spacial score (nSPS) is 12.2. The van der Waals surface area contributed by atoms with E-state index in [0.717, 1.165) is 19.3 Å². The maximum Gasteiger partial charge on any atom is 0.220 e. The van der Waals surface area contributed by atoms with Gasteiger partial charge in [-0.2, -0.15) is 0 Å². The molecule has 0 aliphatic carbocycles. The van der Waals surface area contributed by atoms with E-state index in [1.807, 2.05) is 6.92 Å². The van der Waals surface area contributed by atoms with Crippen LogP contribution in [0.15, 0.2) is 0 Å². The van der Waals surface area contributed by atoms with E-state index < -0.39 is 0 Å². The second-order valence-electron chi connectivity index (χ2n) is 9.59. The van der Waals surface area contributed by atoms with E-state index in [1.54, 1.807) is 0 Å². The van der Waals surface area contributed by atoms with Gasteiger partial charge in [-0.1, -0.05) is 129 Å². The standard InChI is InChI=1S/C28H57NO3/c1-3-5-6-7-8-9-10-11-12-13-14-15-16-17-18-19-20-21-22-23-28(31)29-25-27(26-30)32-24-4-2/h27,30H,3-26H2,1-2H3,(H,29,31). The molecule has 0 aromatic heterocycles. The zero-order chi connectivity index (χ0) is 23.5. The van der Waals surface area contributed by atoms with Gasteiger partial charge in [0.15, 0.2) is 0 Å². The number of hydrogen-bond acceptors (Lipinski definition) is 3. The molecule has 1 amide bonds. The number of nitrogens with one attached hydrogen (secondary N) is 1. The molecule has 192 valence electrons. The Balaban J connectivity index is 3.22. The first-order chi connectivity index (χ1) is 15.7. The number of rotatable bonds is 26. The molecule has 0 aromatic rings. The molecule has 0 saturated carbocycles. The Hall–Kier alpha value is -0.610. The highest BCUT2D eigenvalue weighted by atomic mass is 16.5. The fourth-order valence-corrected chi connectivity index (χ4v) is 4.14. The summed E-state index contributed by atoms with van der Waals surface area (Å²) in [6, 6.07) is 0. The van der Waals surface area contributed by atoms with Crippen molar-refractivity contribution < 1.29 is 14.6 Å². The number of unbranched alkanes of at least 4 members (excludes halogenated alkanes) is 18. The van der Waals surface area contributed by atoms with Gasteiger partial charge in [0.25, 0.3) is 0 Å². The maximum absolute atomic E-state index is 11.9. The number of aliphatic hydroxyl groups is 1. The van der Waals surface area contributed by atoms with E-state index in [0.29, 0.717) is 19.6 Å². The van der Waals surface area contributed by atoms with Gasteiger partial charge in [0.05, 0.1) is 12.7 Å². The first kappa shape index (κ1) is 31.4. The Morgan fingerprint density at radius 3 is 1.44 bits per heavy atom. The molecule has 1 unspecified atom stereocenters. The van der Waals surface area contributed by atoms with E-state index >= 15 is 0 Å². The van der Waals surface area contributed by atoms with Crippen LogP contribution in [-0.4, -0.2) is 36.9 Å². The second kappa shape index (κ2) is 26.6. The molecule has 1 atom stereocenters. The van der Waals surface area contributed by atoms with Crippen LogP contribution in [0.25, 0.3) is 0 Å². The molecule has 0 rings (SSSR count). The summed E-state index contributed by atoms with van der Waals surface area (Å²) in [6.07, 6.45) is 27.2. The van der Waals surface area contributed by atoms with Crippen LogP contribution in [0.5, 0.6) is 0 Å². The number of aliphatic hydroxyl groups excluding tert-OH is 1. The molecule has 0 aromatic carbocycles. The lowest BCUT2D eigenvalue weighted by molar-refractivity contribution is -0.122. The molecule has 0 aliphatic heterocycles. The average molecular weight is 456 g/mol. The summed E-state index contributed by atoms with van der Waals surface area (Å²) in [5, 5.41) is 12.1. The largest absolute Gasteiger partial charge is 0.394 e. The summed E-state index contributed by atoms with van der Waals surface area (Å²) in [5.74, 6) is 0.0792. The van der Waals surface area contributed by atoms with Gasteiger partial charge in [-0.15, -0.1) is 0 Å². The van der Waals surface area contributed by atoms with Crippen LogP contribution < -0.4 is 5.32 Å². The van der Waals surface area contributed by atoms with E-state index in [1.165, 1.54) is 109 Å².